The summed E-state index contributed by atoms with van der Waals surface area (Å²) in [5.74, 6) is 1.91. The van der Waals surface area contributed by atoms with Crippen molar-refractivity contribution in [3.63, 3.8) is 0 Å². The minimum absolute atomic E-state index is 0.0198. The summed E-state index contributed by atoms with van der Waals surface area (Å²) in [6, 6.07) is 27.4. The second-order valence-corrected chi connectivity index (χ2v) is 21.6. The predicted molar refractivity (Wildman–Crippen MR) is 316 cm³/mol. The van der Waals surface area contributed by atoms with Crippen molar-refractivity contribution in [3.8, 4) is 11.5 Å². The Morgan fingerprint density at radius 2 is 1.39 bits per heavy atom. The fourth-order valence-electron chi connectivity index (χ4n) is 11.9. The van der Waals surface area contributed by atoms with E-state index < -0.39 is 0 Å². The smallest absolute Gasteiger partial charge is 0.305 e. The van der Waals surface area contributed by atoms with Gasteiger partial charge in [0.05, 0.1) is 36.0 Å². The van der Waals surface area contributed by atoms with Crippen LogP contribution in [0.5, 0.6) is 11.5 Å². The van der Waals surface area contributed by atoms with Gasteiger partial charge < -0.3 is 29.1 Å². The number of allylic oxidation sites excluding steroid dienone is 3. The van der Waals surface area contributed by atoms with E-state index in [0.717, 1.165) is 147 Å². The number of benzene rings is 3. The maximum absolute atomic E-state index is 13.9. The number of aromatic nitrogens is 2. The molecule has 0 saturated heterocycles. The van der Waals surface area contributed by atoms with Gasteiger partial charge in [-0.2, -0.15) is 0 Å². The lowest BCUT2D eigenvalue weighted by atomic mass is 9.81. The van der Waals surface area contributed by atoms with Gasteiger partial charge >= 0.3 is 5.97 Å². The second-order valence-electron chi connectivity index (χ2n) is 21.6. The third-order valence-corrected chi connectivity index (χ3v) is 16.4. The first-order chi connectivity index (χ1) is 37.4. The van der Waals surface area contributed by atoms with E-state index in [0.29, 0.717) is 39.1 Å². The van der Waals surface area contributed by atoms with E-state index in [1.54, 1.807) is 0 Å². The van der Waals surface area contributed by atoms with Crippen molar-refractivity contribution in [2.24, 2.45) is 27.7 Å². The number of hydrogen-bond acceptors (Lipinski definition) is 8. The van der Waals surface area contributed by atoms with Gasteiger partial charge in [0, 0.05) is 64.1 Å². The molecule has 0 radical (unpaired) electrons. The molecule has 0 spiro atoms. The van der Waals surface area contributed by atoms with E-state index >= 15 is 0 Å². The summed E-state index contributed by atoms with van der Waals surface area (Å²) >= 11 is 0. The molecule has 10 nitrogen and oxygen atoms in total. The highest BCUT2D eigenvalue weighted by atomic mass is 16.5. The molecule has 10 heteroatoms. The fourth-order valence-corrected chi connectivity index (χ4v) is 11.9. The standard InChI is InChI=1S/C67H79N5O5/c1-10-51-42(4)56-39-58-44(6)54(66(70-58)55-38-62(73)64-45(7)59(71-67(55)64)41-61-52(11-2)43(5)57(69-61)40-60(51)68-56)32-33-63(74)77-36-21-16-14-13-15-20-35-75-49-28-24-47(25-29-49)65(53(12-3)46-22-18-17-19-23-46)48-26-30-50(31-27-48)76-37-34-72(8)9/h10,17-19,22-31,39-41,43-44,54,66,68,71H,1,11-16,20-21,32-38H2,2-9H3/b56-39-,59-41-,60-40-,65-53-/t43?,44-,54-,66?/m0/s1. The van der Waals surface area contributed by atoms with E-state index in [4.69, 9.17) is 24.2 Å². The highest BCUT2D eigenvalue weighted by Gasteiger charge is 2.41. The number of aliphatic imine (C=N–C) groups is 2. The molecule has 2 unspecified atom stereocenters. The number of rotatable bonds is 23. The molecule has 1 aliphatic carbocycles. The summed E-state index contributed by atoms with van der Waals surface area (Å²) < 4.78 is 18.1. The number of ketones is 1. The van der Waals surface area contributed by atoms with Gasteiger partial charge in [-0.3, -0.25) is 19.6 Å². The van der Waals surface area contributed by atoms with Gasteiger partial charge in [-0.1, -0.05) is 121 Å². The highest BCUT2D eigenvalue weighted by Crippen LogP contribution is 2.40. The molecule has 5 aromatic rings. The summed E-state index contributed by atoms with van der Waals surface area (Å²) in [5.41, 5.74) is 15.1. The van der Waals surface area contributed by atoms with Crippen LogP contribution in [0.3, 0.4) is 0 Å². The van der Waals surface area contributed by atoms with Gasteiger partial charge in [-0.15, -0.1) is 0 Å². The van der Waals surface area contributed by atoms with Crippen LogP contribution in [0.25, 0.3) is 41.0 Å². The fraction of sp³-hybridized carbons (Fsp3) is 0.403. The number of fused-ring (bicyclic) bond motifs is 6. The van der Waals surface area contributed by atoms with Gasteiger partial charge in [-0.05, 0) is 159 Å². The predicted octanol–water partition coefficient (Wildman–Crippen LogP) is 11.3. The summed E-state index contributed by atoms with van der Waals surface area (Å²) in [6.07, 6.45) is 17.5. The zero-order chi connectivity index (χ0) is 54.2. The number of esters is 1. The van der Waals surface area contributed by atoms with E-state index in [9.17, 15) is 9.59 Å². The van der Waals surface area contributed by atoms with Crippen LogP contribution in [0.15, 0.2) is 107 Å². The lowest BCUT2D eigenvalue weighted by Gasteiger charge is -2.22. The monoisotopic (exact) mass is 1030 g/mol. The third kappa shape index (κ3) is 12.2. The largest absolute Gasteiger partial charge is 0.494 e. The van der Waals surface area contributed by atoms with Gasteiger partial charge in [0.15, 0.2) is 5.78 Å². The third-order valence-electron chi connectivity index (χ3n) is 16.4. The molecule has 8 bridgehead atoms. The van der Waals surface area contributed by atoms with E-state index in [-0.39, 0.29) is 35.5 Å². The number of Topliss-reactive ketones (excluding diaryl/α,β-unsaturated/α-hetero) is 1. The quantitative estimate of drug-likeness (QED) is 0.0382. The minimum Gasteiger partial charge on any atom is -0.494 e. The first kappa shape index (κ1) is 54.7. The number of carbonyl (C=O) groups excluding carboxylic acids is 2. The van der Waals surface area contributed by atoms with Crippen LogP contribution < -0.4 is 30.9 Å². The van der Waals surface area contributed by atoms with Crippen LogP contribution in [0.4, 0.5) is 0 Å². The van der Waals surface area contributed by atoms with Crippen LogP contribution in [0.2, 0.25) is 0 Å². The van der Waals surface area contributed by atoms with Crippen molar-refractivity contribution < 1.29 is 23.8 Å². The molecule has 0 saturated carbocycles. The lowest BCUT2D eigenvalue weighted by molar-refractivity contribution is -0.144. The normalized spacial score (nSPS) is 20.2. The number of ether oxygens (including phenoxy) is 3. The molecule has 4 aliphatic rings. The van der Waals surface area contributed by atoms with Crippen molar-refractivity contribution in [2.45, 2.75) is 118 Å². The number of carbonyl (C=O) groups is 2. The van der Waals surface area contributed by atoms with Crippen LogP contribution in [-0.2, 0) is 9.53 Å². The van der Waals surface area contributed by atoms with Crippen LogP contribution in [-0.4, -0.2) is 84.5 Å². The number of hydrogen-bond donors (Lipinski definition) is 2. The molecule has 0 fully saturated rings. The van der Waals surface area contributed by atoms with Gasteiger partial charge in [0.1, 0.15) is 18.1 Å². The first-order valence-corrected chi connectivity index (χ1v) is 28.3. The molecular weight excluding hydrogens is 955 g/mol. The van der Waals surface area contributed by atoms with Gasteiger partial charge in [0.2, 0.25) is 0 Å². The van der Waals surface area contributed by atoms with Crippen molar-refractivity contribution in [1.29, 1.82) is 0 Å². The Morgan fingerprint density at radius 3 is 2.04 bits per heavy atom. The van der Waals surface area contributed by atoms with E-state index in [2.05, 4.69) is 167 Å². The number of unbranched alkanes of at least 4 members (excludes halogenated alkanes) is 5. The van der Waals surface area contributed by atoms with Crippen LogP contribution in [0.1, 0.15) is 142 Å². The number of aromatic amines is 2. The Hall–Kier alpha value is -7.04. The minimum atomic E-state index is -0.246. The molecule has 77 heavy (non-hydrogen) atoms. The summed E-state index contributed by atoms with van der Waals surface area (Å²) in [5, 5.41) is 3.77. The average Bonchev–Trinajstić information content (AvgIpc) is 4.23. The molecule has 2 N–H and O–H groups in total. The molecule has 2 aromatic heterocycles. The summed E-state index contributed by atoms with van der Waals surface area (Å²) in [7, 11) is 4.11. The Morgan fingerprint density at radius 1 is 0.753 bits per heavy atom. The summed E-state index contributed by atoms with van der Waals surface area (Å²) in [6.45, 7) is 19.8. The first-order valence-electron chi connectivity index (χ1n) is 28.3. The maximum atomic E-state index is 13.9. The molecular formula is C67H79N5O5. The summed E-state index contributed by atoms with van der Waals surface area (Å²) in [4.78, 5) is 47.3. The van der Waals surface area contributed by atoms with Crippen LogP contribution >= 0.6 is 0 Å². The lowest BCUT2D eigenvalue weighted by Crippen LogP contribution is -2.27. The van der Waals surface area contributed by atoms with Crippen molar-refractivity contribution in [1.82, 2.24) is 14.9 Å². The number of nitrogens with one attached hydrogen (secondary N) is 2. The van der Waals surface area contributed by atoms with Crippen molar-refractivity contribution in [2.75, 3.05) is 40.5 Å². The van der Waals surface area contributed by atoms with E-state index in [1.165, 1.54) is 22.3 Å². The Kier molecular flexibility index (Phi) is 17.7. The zero-order valence-electron chi connectivity index (χ0n) is 46.8. The number of nitrogens with zero attached hydrogens (tertiary/aromatic N) is 3. The van der Waals surface area contributed by atoms with Gasteiger partial charge in [-0.25, -0.2) is 0 Å². The topological polar surface area (TPSA) is 121 Å². The highest BCUT2D eigenvalue weighted by molar-refractivity contribution is 6.16. The zero-order valence-corrected chi connectivity index (χ0v) is 46.8. The molecule has 0 amide bonds. The second kappa shape index (κ2) is 25.0. The molecule has 4 atom stereocenters. The van der Waals surface area contributed by atoms with Gasteiger partial charge in [0.25, 0.3) is 0 Å². The van der Waals surface area contributed by atoms with Crippen LogP contribution in [0, 0.1) is 31.6 Å². The maximum Gasteiger partial charge on any atom is 0.305 e. The Labute approximate surface area is 455 Å². The average molecular weight is 1030 g/mol. The number of likely N-dealkylation sites (N-methyl/N-ethyl adjacent to an activating group) is 1. The van der Waals surface area contributed by atoms with E-state index in [1.807, 2.05) is 13.0 Å². The molecule has 5 heterocycles. The Bertz CT molecular complexity index is 3370. The van der Waals surface area contributed by atoms with Crippen molar-refractivity contribution >= 4 is 64.2 Å². The van der Waals surface area contributed by atoms with Crippen molar-refractivity contribution in [3.05, 3.63) is 157 Å². The molecule has 402 valence electrons. The molecule has 3 aromatic carbocycles. The Balaban J connectivity index is 0.766. The molecule has 9 rings (SSSR count). The number of H-pyrrole nitrogens is 2. The molecule has 3 aliphatic heterocycles. The SMILES string of the molecule is C=Cc1c(C)/c2[nH]/c1=C\C1=NC(=C(CC)C1C)/C=c1\[nH]c3c(c1C)C(=O)CC=3C1N=C(\C=2)[C@@H](C)[C@@H]1CCC(=O)OCCCCCCCCOc1ccc(/C(=C(\CC)c2ccccc2)c2ccc(OCCN(C)C)cc2)cc1.